The van der Waals surface area contributed by atoms with Crippen LogP contribution in [0.4, 0.5) is 10.1 Å². The van der Waals surface area contributed by atoms with Gasteiger partial charge in [-0.2, -0.15) is 4.98 Å². The average molecular weight is 377 g/mol. The minimum Gasteiger partial charge on any atom is -0.603 e. The maximum Gasteiger partial charge on any atom is 2.00 e. The molecule has 0 unspecified atom stereocenters. The summed E-state index contributed by atoms with van der Waals surface area (Å²) in [6.07, 6.45) is 0. The number of oxazole rings is 1. The summed E-state index contributed by atoms with van der Waals surface area (Å²) in [6, 6.07) is 20.7. The smallest absolute Gasteiger partial charge is 0.603 e. The molecule has 0 saturated heterocycles. The number of fused-ring (bicyclic) bond motifs is 1. The SMILES string of the molecule is Fc1ccc(OOS[N-]c2ccccc2-c2[nH+]c3ccccc3o2)cc1.[Be+2]. The van der Waals surface area contributed by atoms with Gasteiger partial charge in [-0.05, 0) is 48.6 Å². The molecule has 130 valence electrons. The molecule has 4 aromatic rings. The Morgan fingerprint density at radius 3 is 2.48 bits per heavy atom. The molecule has 0 aliphatic carbocycles. The summed E-state index contributed by atoms with van der Waals surface area (Å²) in [5.74, 6) is 0.643. The Labute approximate surface area is 163 Å². The van der Waals surface area contributed by atoms with E-state index in [9.17, 15) is 4.39 Å². The summed E-state index contributed by atoms with van der Waals surface area (Å²) >= 11 is 0.775. The number of para-hydroxylation sites is 2. The van der Waals surface area contributed by atoms with Crippen LogP contribution in [0.1, 0.15) is 0 Å². The van der Waals surface area contributed by atoms with Crippen LogP contribution in [0, 0.1) is 5.82 Å². The van der Waals surface area contributed by atoms with Gasteiger partial charge in [-0.3, -0.25) is 0 Å². The predicted molar refractivity (Wildman–Crippen MR) is 103 cm³/mol. The maximum atomic E-state index is 12.8. The van der Waals surface area contributed by atoms with Crippen molar-refractivity contribution >= 4 is 39.1 Å². The van der Waals surface area contributed by atoms with Crippen LogP contribution in [0.15, 0.2) is 77.2 Å². The van der Waals surface area contributed by atoms with Gasteiger partial charge in [0.05, 0.1) is 5.56 Å². The predicted octanol–water partition coefficient (Wildman–Crippen LogP) is 5.25. The zero-order valence-electron chi connectivity index (χ0n) is 14.1. The zero-order chi connectivity index (χ0) is 17.8. The van der Waals surface area contributed by atoms with E-state index in [0.29, 0.717) is 17.3 Å². The fraction of sp³-hybridized carbons (Fsp3) is 0. The quantitative estimate of drug-likeness (QED) is 0.115. The van der Waals surface area contributed by atoms with E-state index < -0.39 is 0 Å². The second-order valence-electron chi connectivity index (χ2n) is 5.34. The number of hydrogen-bond donors (Lipinski definition) is 0. The average Bonchev–Trinajstić information content (AvgIpc) is 3.11. The number of halogens is 1. The minimum absolute atomic E-state index is 0. The monoisotopic (exact) mass is 377 g/mol. The molecule has 0 fully saturated rings. The summed E-state index contributed by atoms with van der Waals surface area (Å²) in [7, 11) is 0. The molecule has 0 saturated carbocycles. The first-order chi connectivity index (χ1) is 12.8. The zero-order valence-corrected chi connectivity index (χ0v) is 14.9. The second kappa shape index (κ2) is 8.68. The minimum atomic E-state index is -0.342. The van der Waals surface area contributed by atoms with Crippen molar-refractivity contribution in [2.45, 2.75) is 0 Å². The van der Waals surface area contributed by atoms with E-state index >= 15 is 0 Å². The number of aromatic nitrogens is 1. The topological polar surface area (TPSA) is 59.8 Å². The summed E-state index contributed by atoms with van der Waals surface area (Å²) in [6.45, 7) is 0. The van der Waals surface area contributed by atoms with Crippen molar-refractivity contribution in [3.05, 3.63) is 83.3 Å². The normalized spacial score (nSPS) is 10.4. The van der Waals surface area contributed by atoms with Crippen molar-refractivity contribution in [1.82, 2.24) is 0 Å². The number of aromatic amines is 1. The van der Waals surface area contributed by atoms with Gasteiger partial charge in [0.25, 0.3) is 0 Å². The summed E-state index contributed by atoms with van der Waals surface area (Å²) < 4.78 is 28.0. The molecule has 27 heavy (non-hydrogen) atoms. The van der Waals surface area contributed by atoms with Crippen LogP contribution in [-0.4, -0.2) is 10.1 Å². The largest absolute Gasteiger partial charge is 2.00 e. The Bertz CT molecular complexity index is 994. The van der Waals surface area contributed by atoms with Crippen LogP contribution >= 0.6 is 12.2 Å². The van der Waals surface area contributed by atoms with Gasteiger partial charge in [0.2, 0.25) is 11.1 Å². The van der Waals surface area contributed by atoms with Gasteiger partial charge in [-0.1, -0.05) is 30.3 Å². The van der Waals surface area contributed by atoms with Crippen LogP contribution < -0.4 is 9.87 Å². The Morgan fingerprint density at radius 1 is 0.926 bits per heavy atom. The van der Waals surface area contributed by atoms with Crippen LogP contribution in [0.25, 0.3) is 27.3 Å². The van der Waals surface area contributed by atoms with Crippen molar-refractivity contribution in [2.75, 3.05) is 0 Å². The molecular formula is C19H13BeFN2O3S+2. The van der Waals surface area contributed by atoms with Gasteiger partial charge < -0.3 is 14.0 Å². The van der Waals surface area contributed by atoms with Crippen molar-refractivity contribution < 1.29 is 23.0 Å². The van der Waals surface area contributed by atoms with E-state index in [-0.39, 0.29) is 15.9 Å². The number of benzene rings is 3. The molecule has 0 aliphatic rings. The molecule has 5 nitrogen and oxygen atoms in total. The van der Waals surface area contributed by atoms with E-state index in [2.05, 4.69) is 9.71 Å². The van der Waals surface area contributed by atoms with Crippen molar-refractivity contribution in [3.8, 4) is 17.2 Å². The van der Waals surface area contributed by atoms with Crippen LogP contribution in [0.3, 0.4) is 0 Å². The Hall–Kier alpha value is -2.86. The molecule has 1 aromatic heterocycles. The van der Waals surface area contributed by atoms with Gasteiger partial charge in [0, 0.05) is 6.07 Å². The molecule has 0 aliphatic heterocycles. The molecule has 0 radical (unpaired) electrons. The van der Waals surface area contributed by atoms with Gasteiger partial charge in [0.1, 0.15) is 5.82 Å². The summed E-state index contributed by atoms with van der Waals surface area (Å²) in [5, 5.41) is 0. The van der Waals surface area contributed by atoms with Crippen molar-refractivity contribution in [1.29, 1.82) is 0 Å². The second-order valence-corrected chi connectivity index (χ2v) is 5.81. The fourth-order valence-corrected chi connectivity index (χ4v) is 2.76. The van der Waals surface area contributed by atoms with E-state index in [1.54, 1.807) is 0 Å². The van der Waals surface area contributed by atoms with Gasteiger partial charge in [-0.15, -0.1) is 10.0 Å². The Morgan fingerprint density at radius 2 is 1.67 bits per heavy atom. The maximum absolute atomic E-state index is 12.8. The number of H-pyrrole nitrogens is 1. The molecule has 1 N–H and O–H groups in total. The van der Waals surface area contributed by atoms with Gasteiger partial charge in [-0.25, -0.2) is 4.39 Å². The van der Waals surface area contributed by atoms with Crippen LogP contribution in [0.2, 0.25) is 0 Å². The number of rotatable bonds is 6. The first kappa shape index (κ1) is 18.9. The van der Waals surface area contributed by atoms with Crippen molar-refractivity contribution in [2.24, 2.45) is 0 Å². The standard InChI is InChI=1S/C19H12FN2O3S.Be/c20-13-9-11-14(12-10-13)24-25-26-22-16-6-2-1-5-15(16)19-21-17-7-3-4-8-18(17)23-19;/h1-12H;/q-1;+2/p+1. The molecule has 3 aromatic carbocycles. The Balaban J connectivity index is 0.00000210. The molecule has 1 heterocycles. The Kier molecular flexibility index (Phi) is 6.08. The molecule has 0 bridgehead atoms. The molecular weight excluding hydrogens is 364 g/mol. The van der Waals surface area contributed by atoms with E-state index in [0.717, 1.165) is 28.9 Å². The fourth-order valence-electron chi connectivity index (χ4n) is 2.38. The number of nitrogens with one attached hydrogen (secondary N) is 1. The molecule has 0 spiro atoms. The summed E-state index contributed by atoms with van der Waals surface area (Å²) in [4.78, 5) is 8.28. The third kappa shape index (κ3) is 4.46. The van der Waals surface area contributed by atoms with Crippen molar-refractivity contribution in [3.63, 3.8) is 0 Å². The van der Waals surface area contributed by atoms with Gasteiger partial charge in [0.15, 0.2) is 5.75 Å². The molecule has 0 amide bonds. The van der Waals surface area contributed by atoms with Crippen LogP contribution in [0.5, 0.6) is 5.75 Å². The number of hydrogen-bond acceptors (Lipinski definition) is 4. The van der Waals surface area contributed by atoms with Crippen LogP contribution in [-0.2, 0) is 4.33 Å². The summed E-state index contributed by atoms with van der Waals surface area (Å²) in [5.41, 5.74) is 3.12. The van der Waals surface area contributed by atoms with E-state index in [4.69, 9.17) is 13.6 Å². The molecule has 0 atom stereocenters. The van der Waals surface area contributed by atoms with E-state index in [1.165, 1.54) is 24.3 Å². The molecule has 4 rings (SSSR count). The van der Waals surface area contributed by atoms with E-state index in [1.807, 2.05) is 48.5 Å². The molecule has 8 heteroatoms. The van der Waals surface area contributed by atoms with Gasteiger partial charge >= 0.3 is 16.0 Å². The first-order valence-electron chi connectivity index (χ1n) is 7.77. The number of nitrogens with zero attached hydrogens (tertiary/aromatic N) is 1. The third-order valence-corrected chi connectivity index (χ3v) is 4.01. The third-order valence-electron chi connectivity index (χ3n) is 3.61. The first-order valence-corrected chi connectivity index (χ1v) is 8.47.